The molecule has 0 bridgehead atoms. The average molecular weight is 378 g/mol. The van der Waals surface area contributed by atoms with Crippen molar-refractivity contribution in [1.82, 2.24) is 20.4 Å². The first-order valence-corrected chi connectivity index (χ1v) is 11.1. The Kier molecular flexibility index (Phi) is 7.01. The van der Waals surface area contributed by atoms with E-state index in [0.717, 1.165) is 51.5 Å². The number of amides is 1. The van der Waals surface area contributed by atoms with E-state index in [1.54, 1.807) is 0 Å². The van der Waals surface area contributed by atoms with E-state index in [9.17, 15) is 4.79 Å². The summed E-state index contributed by atoms with van der Waals surface area (Å²) < 4.78 is 0. The first-order valence-electron chi connectivity index (χ1n) is 11.1. The van der Waals surface area contributed by atoms with Gasteiger partial charge in [0.15, 0.2) is 5.96 Å². The van der Waals surface area contributed by atoms with Crippen molar-refractivity contribution in [2.45, 2.75) is 65.3 Å². The summed E-state index contributed by atoms with van der Waals surface area (Å²) in [5.74, 6) is 1.97. The van der Waals surface area contributed by atoms with Gasteiger partial charge in [-0.2, -0.15) is 0 Å². The van der Waals surface area contributed by atoms with Gasteiger partial charge in [-0.15, -0.1) is 0 Å². The molecule has 1 amide bonds. The number of guanidine groups is 1. The number of hydrogen-bond donors (Lipinski definition) is 2. The van der Waals surface area contributed by atoms with Gasteiger partial charge in [0.1, 0.15) is 0 Å². The molecule has 27 heavy (non-hydrogen) atoms. The lowest BCUT2D eigenvalue weighted by atomic mass is 9.79. The number of aliphatic imine (C=N–C) groups is 1. The van der Waals surface area contributed by atoms with Crippen LogP contribution in [0.1, 0.15) is 59.3 Å². The molecule has 3 aliphatic heterocycles. The topological polar surface area (TPSA) is 60.0 Å². The number of piperidine rings is 2. The zero-order valence-electron chi connectivity index (χ0n) is 17.6. The smallest absolute Gasteiger partial charge is 0.220 e. The van der Waals surface area contributed by atoms with E-state index < -0.39 is 0 Å². The third kappa shape index (κ3) is 5.37. The van der Waals surface area contributed by atoms with Crippen LogP contribution in [0.25, 0.3) is 0 Å². The minimum Gasteiger partial charge on any atom is -0.357 e. The quantitative estimate of drug-likeness (QED) is 0.569. The molecule has 0 aromatic carbocycles. The second kappa shape index (κ2) is 9.26. The van der Waals surface area contributed by atoms with Crippen LogP contribution in [0.5, 0.6) is 0 Å². The molecule has 0 radical (unpaired) electrons. The zero-order valence-corrected chi connectivity index (χ0v) is 17.6. The lowest BCUT2D eigenvalue weighted by molar-refractivity contribution is -0.119. The highest BCUT2D eigenvalue weighted by atomic mass is 16.1. The Hall–Kier alpha value is -1.30. The Morgan fingerprint density at radius 1 is 1.33 bits per heavy atom. The molecule has 3 rings (SSSR count). The van der Waals surface area contributed by atoms with E-state index >= 15 is 0 Å². The molecule has 0 aromatic heterocycles. The summed E-state index contributed by atoms with van der Waals surface area (Å²) in [5.41, 5.74) is 0.111. The molecule has 2 N–H and O–H groups in total. The van der Waals surface area contributed by atoms with E-state index in [2.05, 4.69) is 41.2 Å². The van der Waals surface area contributed by atoms with Gasteiger partial charge in [0.2, 0.25) is 5.91 Å². The Morgan fingerprint density at radius 2 is 2.19 bits per heavy atom. The van der Waals surface area contributed by atoms with Crippen molar-refractivity contribution in [3.8, 4) is 0 Å². The summed E-state index contributed by atoms with van der Waals surface area (Å²) in [5, 5.41) is 6.56. The van der Waals surface area contributed by atoms with Crippen LogP contribution in [-0.2, 0) is 4.79 Å². The zero-order chi connectivity index (χ0) is 19.3. The van der Waals surface area contributed by atoms with E-state index in [1.165, 1.54) is 32.4 Å². The predicted molar refractivity (Wildman–Crippen MR) is 111 cm³/mol. The van der Waals surface area contributed by atoms with Crippen LogP contribution in [0.15, 0.2) is 4.99 Å². The van der Waals surface area contributed by atoms with E-state index in [-0.39, 0.29) is 11.3 Å². The van der Waals surface area contributed by atoms with Crippen molar-refractivity contribution in [3.05, 3.63) is 0 Å². The normalized spacial score (nSPS) is 30.2. The van der Waals surface area contributed by atoms with E-state index in [0.29, 0.717) is 18.4 Å². The molecular weight excluding hydrogens is 338 g/mol. The maximum absolute atomic E-state index is 11.8. The molecule has 154 valence electrons. The molecule has 0 aromatic rings. The number of rotatable bonds is 5. The highest BCUT2D eigenvalue weighted by Gasteiger charge is 2.42. The lowest BCUT2D eigenvalue weighted by Gasteiger charge is -2.41. The van der Waals surface area contributed by atoms with Crippen molar-refractivity contribution >= 4 is 11.9 Å². The maximum atomic E-state index is 11.8. The second-order valence-electron chi connectivity index (χ2n) is 9.21. The SMILES string of the molecule is CCNC(=NCC1CCCCN1CC(C)C)N1CCCC2(CNC(=O)C2)C1. The number of carbonyl (C=O) groups excluding carboxylic acids is 1. The Labute approximate surface area is 165 Å². The minimum absolute atomic E-state index is 0.111. The number of likely N-dealkylation sites (tertiary alicyclic amines) is 2. The molecule has 3 saturated heterocycles. The van der Waals surface area contributed by atoms with Crippen LogP contribution in [0.3, 0.4) is 0 Å². The van der Waals surface area contributed by atoms with Crippen LogP contribution in [0.4, 0.5) is 0 Å². The number of carbonyl (C=O) groups is 1. The lowest BCUT2D eigenvalue weighted by Crippen LogP contribution is -2.52. The van der Waals surface area contributed by atoms with E-state index in [4.69, 9.17) is 4.99 Å². The fraction of sp³-hybridized carbons (Fsp3) is 0.905. The molecular formula is C21H39N5O. The Bertz CT molecular complexity index is 535. The van der Waals surface area contributed by atoms with Crippen LogP contribution in [-0.4, -0.2) is 73.5 Å². The largest absolute Gasteiger partial charge is 0.357 e. The van der Waals surface area contributed by atoms with Gasteiger partial charge in [0, 0.05) is 50.6 Å². The minimum atomic E-state index is 0.111. The summed E-state index contributed by atoms with van der Waals surface area (Å²) in [6, 6.07) is 0.572. The first kappa shape index (κ1) is 20.4. The van der Waals surface area contributed by atoms with Gasteiger partial charge in [-0.1, -0.05) is 20.3 Å². The third-order valence-corrected chi connectivity index (χ3v) is 6.29. The van der Waals surface area contributed by atoms with Crippen LogP contribution in [0, 0.1) is 11.3 Å². The third-order valence-electron chi connectivity index (χ3n) is 6.29. The van der Waals surface area contributed by atoms with Gasteiger partial charge in [-0.05, 0) is 45.1 Å². The predicted octanol–water partition coefficient (Wildman–Crippen LogP) is 2.06. The van der Waals surface area contributed by atoms with Crippen LogP contribution >= 0.6 is 0 Å². The first-order chi connectivity index (χ1) is 13.0. The monoisotopic (exact) mass is 377 g/mol. The molecule has 3 heterocycles. The van der Waals surface area contributed by atoms with Crippen molar-refractivity contribution in [3.63, 3.8) is 0 Å². The fourth-order valence-corrected chi connectivity index (χ4v) is 5.02. The van der Waals surface area contributed by atoms with Gasteiger partial charge < -0.3 is 15.5 Å². The van der Waals surface area contributed by atoms with Gasteiger partial charge in [0.05, 0.1) is 6.54 Å². The standard InChI is InChI=1S/C21H39N5O/c1-4-22-20(23-13-18-8-5-6-10-25(18)14-17(2)3)26-11-7-9-21(16-26)12-19(27)24-15-21/h17-18H,4-16H2,1-3H3,(H,22,23)(H,24,27). The summed E-state index contributed by atoms with van der Waals surface area (Å²) >= 11 is 0. The molecule has 3 fully saturated rings. The van der Waals surface area contributed by atoms with Gasteiger partial charge in [-0.3, -0.25) is 14.7 Å². The molecule has 2 unspecified atom stereocenters. The second-order valence-corrected chi connectivity index (χ2v) is 9.21. The van der Waals surface area contributed by atoms with E-state index in [1.807, 2.05) is 0 Å². The molecule has 2 atom stereocenters. The van der Waals surface area contributed by atoms with Crippen molar-refractivity contribution in [2.24, 2.45) is 16.3 Å². The molecule has 0 saturated carbocycles. The molecule has 1 spiro atoms. The van der Waals surface area contributed by atoms with Crippen molar-refractivity contribution < 1.29 is 4.79 Å². The Morgan fingerprint density at radius 3 is 2.89 bits per heavy atom. The summed E-state index contributed by atoms with van der Waals surface area (Å²) in [4.78, 5) is 21.9. The van der Waals surface area contributed by atoms with Crippen LogP contribution in [0.2, 0.25) is 0 Å². The summed E-state index contributed by atoms with van der Waals surface area (Å²) in [6.45, 7) is 13.7. The van der Waals surface area contributed by atoms with Gasteiger partial charge >= 0.3 is 0 Å². The fourth-order valence-electron chi connectivity index (χ4n) is 5.02. The maximum Gasteiger partial charge on any atom is 0.220 e. The molecule has 6 heteroatoms. The number of hydrogen-bond acceptors (Lipinski definition) is 3. The number of nitrogens with zero attached hydrogens (tertiary/aromatic N) is 3. The molecule has 6 nitrogen and oxygen atoms in total. The highest BCUT2D eigenvalue weighted by molar-refractivity contribution is 5.81. The van der Waals surface area contributed by atoms with Gasteiger partial charge in [0.25, 0.3) is 0 Å². The summed E-state index contributed by atoms with van der Waals surface area (Å²) in [6.07, 6.45) is 6.87. The number of nitrogens with one attached hydrogen (secondary N) is 2. The van der Waals surface area contributed by atoms with Crippen LogP contribution < -0.4 is 10.6 Å². The molecule has 0 aliphatic carbocycles. The summed E-state index contributed by atoms with van der Waals surface area (Å²) in [7, 11) is 0. The van der Waals surface area contributed by atoms with Crippen molar-refractivity contribution in [2.75, 3.05) is 45.8 Å². The molecule has 3 aliphatic rings. The average Bonchev–Trinajstić information content (AvgIpc) is 2.99. The highest BCUT2D eigenvalue weighted by Crippen LogP contribution is 2.36. The van der Waals surface area contributed by atoms with Gasteiger partial charge in [-0.25, -0.2) is 0 Å². The van der Waals surface area contributed by atoms with Crippen molar-refractivity contribution in [1.29, 1.82) is 0 Å². The Balaban J connectivity index is 1.65.